The monoisotopic (exact) mass is 347 g/mol. The Morgan fingerprint density at radius 2 is 2.09 bits per heavy atom. The van der Waals surface area contributed by atoms with Gasteiger partial charge in [-0.2, -0.15) is 0 Å². The van der Waals surface area contributed by atoms with Crippen LogP contribution in [0.1, 0.15) is 16.1 Å². The number of carbonyl (C=O) groups excluding carboxylic acids is 1. The van der Waals surface area contributed by atoms with Gasteiger partial charge < -0.3 is 15.6 Å². The zero-order chi connectivity index (χ0) is 16.3. The third-order valence-corrected chi connectivity index (χ3v) is 4.08. The Morgan fingerprint density at radius 1 is 1.36 bits per heavy atom. The summed E-state index contributed by atoms with van der Waals surface area (Å²) in [7, 11) is 0. The predicted octanol–water partition coefficient (Wildman–Crippen LogP) is 2.44. The maximum atomic E-state index is 13.6. The standard InChI is InChI=1S/C13H12ClF2N3O2S/c14-11-8(15)5-10(22-11)12(20)18-7-4-9(16)13(21)19(6-7)3-1-2-17/h4-6H,1-3,17H2,(H,18,20). The van der Waals surface area contributed by atoms with Gasteiger partial charge in [-0.15, -0.1) is 11.3 Å². The number of hydrogen-bond acceptors (Lipinski definition) is 4. The van der Waals surface area contributed by atoms with Crippen molar-refractivity contribution in [3.05, 3.63) is 49.5 Å². The van der Waals surface area contributed by atoms with Crippen molar-refractivity contribution < 1.29 is 13.6 Å². The molecule has 1 amide bonds. The maximum Gasteiger partial charge on any atom is 0.286 e. The molecule has 3 N–H and O–H groups in total. The normalized spacial score (nSPS) is 10.7. The highest BCUT2D eigenvalue weighted by Crippen LogP contribution is 2.26. The summed E-state index contributed by atoms with van der Waals surface area (Å²) >= 11 is 6.32. The van der Waals surface area contributed by atoms with Gasteiger partial charge in [0.1, 0.15) is 4.34 Å². The fourth-order valence-corrected chi connectivity index (χ4v) is 2.71. The molecule has 0 fully saturated rings. The van der Waals surface area contributed by atoms with Crippen LogP contribution in [0.4, 0.5) is 14.5 Å². The van der Waals surface area contributed by atoms with Crippen molar-refractivity contribution in [1.82, 2.24) is 4.57 Å². The second-order valence-electron chi connectivity index (χ2n) is 4.40. The Labute approximate surface area is 133 Å². The maximum absolute atomic E-state index is 13.6. The lowest BCUT2D eigenvalue weighted by Gasteiger charge is -2.09. The Hall–Kier alpha value is -1.77. The van der Waals surface area contributed by atoms with Gasteiger partial charge in [0.25, 0.3) is 11.5 Å². The second kappa shape index (κ2) is 6.99. The Bertz CT molecular complexity index is 741. The molecule has 0 unspecified atom stereocenters. The van der Waals surface area contributed by atoms with Gasteiger partial charge in [0, 0.05) is 18.8 Å². The first-order valence-corrected chi connectivity index (χ1v) is 7.48. The first-order chi connectivity index (χ1) is 10.4. The molecular weight excluding hydrogens is 336 g/mol. The first kappa shape index (κ1) is 16.6. The quantitative estimate of drug-likeness (QED) is 0.872. The highest BCUT2D eigenvalue weighted by molar-refractivity contribution is 7.18. The Morgan fingerprint density at radius 3 is 2.68 bits per heavy atom. The van der Waals surface area contributed by atoms with Gasteiger partial charge in [0.2, 0.25) is 0 Å². The van der Waals surface area contributed by atoms with E-state index in [4.69, 9.17) is 17.3 Å². The van der Waals surface area contributed by atoms with Gasteiger partial charge >= 0.3 is 0 Å². The number of hydrogen-bond donors (Lipinski definition) is 2. The summed E-state index contributed by atoms with van der Waals surface area (Å²) in [5.41, 5.74) is 4.64. The Kier molecular flexibility index (Phi) is 5.28. The minimum atomic E-state index is -0.995. The summed E-state index contributed by atoms with van der Waals surface area (Å²) in [4.78, 5) is 23.6. The number of nitrogens with two attached hydrogens (primary N) is 1. The largest absolute Gasteiger partial charge is 0.330 e. The molecule has 2 aromatic heterocycles. The predicted molar refractivity (Wildman–Crippen MR) is 81.6 cm³/mol. The number of aryl methyl sites for hydroxylation is 1. The molecule has 118 valence electrons. The van der Waals surface area contributed by atoms with Gasteiger partial charge in [-0.05, 0) is 19.0 Å². The van der Waals surface area contributed by atoms with E-state index in [1.54, 1.807) is 0 Å². The molecule has 2 aromatic rings. The van der Waals surface area contributed by atoms with Crippen molar-refractivity contribution in [1.29, 1.82) is 0 Å². The van der Waals surface area contributed by atoms with Crippen molar-refractivity contribution in [2.75, 3.05) is 11.9 Å². The van der Waals surface area contributed by atoms with Crippen molar-refractivity contribution in [3.63, 3.8) is 0 Å². The lowest BCUT2D eigenvalue weighted by molar-refractivity contribution is 0.103. The van der Waals surface area contributed by atoms with Crippen molar-refractivity contribution >= 4 is 34.5 Å². The zero-order valence-corrected chi connectivity index (χ0v) is 12.8. The molecule has 0 radical (unpaired) electrons. The molecule has 2 rings (SSSR count). The molecule has 0 bridgehead atoms. The number of rotatable bonds is 5. The third kappa shape index (κ3) is 3.70. The minimum Gasteiger partial charge on any atom is -0.330 e. The lowest BCUT2D eigenvalue weighted by atomic mass is 10.3. The smallest absolute Gasteiger partial charge is 0.286 e. The van der Waals surface area contributed by atoms with Crippen molar-refractivity contribution in [2.24, 2.45) is 5.73 Å². The zero-order valence-electron chi connectivity index (χ0n) is 11.2. The van der Waals surface area contributed by atoms with Gasteiger partial charge in [-0.3, -0.25) is 9.59 Å². The number of halogens is 3. The van der Waals surface area contributed by atoms with E-state index in [0.717, 1.165) is 28.0 Å². The van der Waals surface area contributed by atoms with E-state index < -0.39 is 23.1 Å². The molecule has 0 saturated carbocycles. The van der Waals surface area contributed by atoms with Crippen LogP contribution in [0.3, 0.4) is 0 Å². The number of pyridine rings is 1. The molecule has 0 spiro atoms. The first-order valence-electron chi connectivity index (χ1n) is 6.28. The summed E-state index contributed by atoms with van der Waals surface area (Å²) < 4.78 is 27.7. The van der Waals surface area contributed by atoms with E-state index in [1.807, 2.05) is 0 Å². The van der Waals surface area contributed by atoms with E-state index in [-0.39, 0.29) is 21.4 Å². The summed E-state index contributed by atoms with van der Waals surface area (Å²) in [6.45, 7) is 0.576. The van der Waals surface area contributed by atoms with Crippen LogP contribution >= 0.6 is 22.9 Å². The number of nitrogens with one attached hydrogen (secondary N) is 1. The van der Waals surface area contributed by atoms with E-state index in [0.29, 0.717) is 13.0 Å². The van der Waals surface area contributed by atoms with Crippen LogP contribution < -0.4 is 16.6 Å². The van der Waals surface area contributed by atoms with Crippen LogP contribution in [0.15, 0.2) is 23.1 Å². The average molecular weight is 348 g/mol. The summed E-state index contributed by atoms with van der Waals surface area (Å²) in [5.74, 6) is -2.33. The van der Waals surface area contributed by atoms with Crippen LogP contribution in [0.25, 0.3) is 0 Å². The number of amides is 1. The highest BCUT2D eigenvalue weighted by Gasteiger charge is 2.15. The molecule has 5 nitrogen and oxygen atoms in total. The van der Waals surface area contributed by atoms with E-state index in [9.17, 15) is 18.4 Å². The summed E-state index contributed by atoms with van der Waals surface area (Å²) in [5, 5.41) is 2.40. The Balaban J connectivity index is 2.23. The van der Waals surface area contributed by atoms with Crippen LogP contribution in [0.5, 0.6) is 0 Å². The SMILES string of the molecule is NCCCn1cc(NC(=O)c2cc(F)c(Cl)s2)cc(F)c1=O. The number of nitrogens with zero attached hydrogens (tertiary/aromatic N) is 1. The van der Waals surface area contributed by atoms with Crippen LogP contribution in [0, 0.1) is 11.6 Å². The van der Waals surface area contributed by atoms with Gasteiger partial charge in [0.05, 0.1) is 10.6 Å². The highest BCUT2D eigenvalue weighted by atomic mass is 35.5. The topological polar surface area (TPSA) is 77.1 Å². The van der Waals surface area contributed by atoms with Crippen LogP contribution in [0.2, 0.25) is 4.34 Å². The fourth-order valence-electron chi connectivity index (χ4n) is 1.75. The average Bonchev–Trinajstić information content (AvgIpc) is 2.81. The second-order valence-corrected chi connectivity index (χ2v) is 6.06. The molecule has 0 aromatic carbocycles. The van der Waals surface area contributed by atoms with Gasteiger partial charge in [-0.25, -0.2) is 8.78 Å². The molecule has 22 heavy (non-hydrogen) atoms. The van der Waals surface area contributed by atoms with Crippen LogP contribution in [-0.2, 0) is 6.54 Å². The number of aromatic nitrogens is 1. The van der Waals surface area contributed by atoms with E-state index in [2.05, 4.69) is 5.32 Å². The third-order valence-electron chi connectivity index (χ3n) is 2.77. The molecule has 0 saturated heterocycles. The van der Waals surface area contributed by atoms with Crippen molar-refractivity contribution in [2.45, 2.75) is 13.0 Å². The number of thiophene rings is 1. The lowest BCUT2D eigenvalue weighted by Crippen LogP contribution is -2.25. The van der Waals surface area contributed by atoms with Gasteiger partial charge in [-0.1, -0.05) is 11.6 Å². The molecule has 9 heteroatoms. The number of anilines is 1. The molecule has 0 aliphatic carbocycles. The number of carbonyl (C=O) groups is 1. The minimum absolute atomic E-state index is 0.0441. The van der Waals surface area contributed by atoms with Crippen molar-refractivity contribution in [3.8, 4) is 0 Å². The molecule has 0 aliphatic heterocycles. The van der Waals surface area contributed by atoms with Gasteiger partial charge in [0.15, 0.2) is 11.6 Å². The summed E-state index contributed by atoms with van der Waals surface area (Å²) in [6.07, 6.45) is 1.80. The molecule has 0 atom stereocenters. The van der Waals surface area contributed by atoms with Crippen LogP contribution in [-0.4, -0.2) is 17.0 Å². The summed E-state index contributed by atoms with van der Waals surface area (Å²) in [6, 6.07) is 1.90. The van der Waals surface area contributed by atoms with E-state index in [1.165, 1.54) is 6.20 Å². The molecule has 2 heterocycles. The van der Waals surface area contributed by atoms with E-state index >= 15 is 0 Å². The molecular formula is C13H12ClF2N3O2S. The molecule has 0 aliphatic rings. The fraction of sp³-hybridized carbons (Fsp3) is 0.231.